The maximum Gasteiger partial charge on any atom is 0.320 e. The van der Waals surface area contributed by atoms with Gasteiger partial charge >= 0.3 is 23.9 Å². The lowest BCUT2D eigenvalue weighted by atomic mass is 10.2. The predicted octanol–water partition coefficient (Wildman–Crippen LogP) is 0.765. The maximum atomic E-state index is 12.1. The molecule has 0 saturated heterocycles. The van der Waals surface area contributed by atoms with E-state index in [1.165, 1.54) is 4.90 Å². The average molecular weight is 476 g/mol. The van der Waals surface area contributed by atoms with E-state index in [9.17, 15) is 24.3 Å². The summed E-state index contributed by atoms with van der Waals surface area (Å²) in [6.07, 6.45) is 0. The molecule has 0 atom stereocenters. The minimum absolute atomic E-state index is 0.0818. The minimum atomic E-state index is -1.10. The molecule has 0 fully saturated rings. The summed E-state index contributed by atoms with van der Waals surface area (Å²) in [7, 11) is 0. The largest absolute Gasteiger partial charge is 0.480 e. The van der Waals surface area contributed by atoms with Gasteiger partial charge in [0.25, 0.3) is 0 Å². The molecule has 0 aromatic heterocycles. The van der Waals surface area contributed by atoms with Crippen LogP contribution in [0, 0.1) is 0 Å². The van der Waals surface area contributed by atoms with E-state index in [0.29, 0.717) is 19.6 Å². The Hall–Kier alpha value is -2.24. The van der Waals surface area contributed by atoms with E-state index >= 15 is 0 Å². The minimum Gasteiger partial charge on any atom is -0.480 e. The summed E-state index contributed by atoms with van der Waals surface area (Å²) >= 11 is 0. The second-order valence-electron chi connectivity index (χ2n) is 9.82. The number of carbonyl (C=O) groups excluding carboxylic acids is 2. The summed E-state index contributed by atoms with van der Waals surface area (Å²) in [4.78, 5) is 51.6. The highest BCUT2D eigenvalue weighted by Crippen LogP contribution is 2.09. The molecule has 0 heterocycles. The standard InChI is InChI=1S/C22H41N3O8/c1-8-23(15-19(30)32-21(2,3)4)9-10-24(13-17(26)27)11-12-25(14-18(28)29)16-20(31)33-22(5,6)7/h8-16H2,1-7H3,(H,26,27)(H,28,29). The number of hydrogen-bond acceptors (Lipinski definition) is 9. The Bertz CT molecular complexity index is 655. The van der Waals surface area contributed by atoms with Gasteiger partial charge in [-0.2, -0.15) is 0 Å². The molecular formula is C22H41N3O8. The van der Waals surface area contributed by atoms with Gasteiger partial charge in [0.05, 0.1) is 26.2 Å². The van der Waals surface area contributed by atoms with E-state index in [2.05, 4.69) is 0 Å². The second kappa shape index (κ2) is 14.1. The quantitative estimate of drug-likeness (QED) is 0.325. The molecule has 11 nitrogen and oxygen atoms in total. The fourth-order valence-electron chi connectivity index (χ4n) is 2.89. The van der Waals surface area contributed by atoms with Gasteiger partial charge in [0.1, 0.15) is 11.2 Å². The molecule has 0 aromatic carbocycles. The van der Waals surface area contributed by atoms with Gasteiger partial charge in [0, 0.05) is 26.2 Å². The van der Waals surface area contributed by atoms with Crippen molar-refractivity contribution >= 4 is 23.9 Å². The fourth-order valence-corrected chi connectivity index (χ4v) is 2.89. The van der Waals surface area contributed by atoms with Crippen LogP contribution >= 0.6 is 0 Å². The van der Waals surface area contributed by atoms with Gasteiger partial charge in [-0.1, -0.05) is 6.92 Å². The third kappa shape index (κ3) is 17.9. The van der Waals surface area contributed by atoms with Gasteiger partial charge in [0.2, 0.25) is 0 Å². The van der Waals surface area contributed by atoms with Crippen molar-refractivity contribution in [2.75, 3.05) is 58.9 Å². The molecule has 2 N–H and O–H groups in total. The molecule has 33 heavy (non-hydrogen) atoms. The first-order chi connectivity index (χ1) is 15.0. The van der Waals surface area contributed by atoms with Crippen LogP contribution in [0.1, 0.15) is 48.5 Å². The summed E-state index contributed by atoms with van der Waals surface area (Å²) in [5.74, 6) is -3.04. The highest BCUT2D eigenvalue weighted by Gasteiger charge is 2.22. The van der Waals surface area contributed by atoms with E-state index in [0.717, 1.165) is 0 Å². The van der Waals surface area contributed by atoms with Gasteiger partial charge in [-0.3, -0.25) is 33.9 Å². The lowest BCUT2D eigenvalue weighted by Gasteiger charge is -2.29. The van der Waals surface area contributed by atoms with Crippen molar-refractivity contribution in [3.8, 4) is 0 Å². The molecule has 0 radical (unpaired) electrons. The maximum absolute atomic E-state index is 12.1. The van der Waals surface area contributed by atoms with Gasteiger partial charge < -0.3 is 19.7 Å². The molecule has 192 valence electrons. The normalized spacial score (nSPS) is 12.3. The number of carboxylic acid groups (broad SMARTS) is 2. The molecule has 0 bridgehead atoms. The van der Waals surface area contributed by atoms with Crippen molar-refractivity contribution in [3.05, 3.63) is 0 Å². The topological polar surface area (TPSA) is 137 Å². The first-order valence-electron chi connectivity index (χ1n) is 11.0. The van der Waals surface area contributed by atoms with Crippen LogP contribution in [0.5, 0.6) is 0 Å². The van der Waals surface area contributed by atoms with E-state index < -0.39 is 29.1 Å². The van der Waals surface area contributed by atoms with Crippen molar-refractivity contribution in [1.82, 2.24) is 14.7 Å². The zero-order valence-electron chi connectivity index (χ0n) is 21.0. The van der Waals surface area contributed by atoms with Crippen molar-refractivity contribution in [3.63, 3.8) is 0 Å². The van der Waals surface area contributed by atoms with Crippen molar-refractivity contribution in [2.24, 2.45) is 0 Å². The molecule has 0 aliphatic carbocycles. The first-order valence-corrected chi connectivity index (χ1v) is 11.0. The molecule has 0 aliphatic heterocycles. The smallest absolute Gasteiger partial charge is 0.320 e. The van der Waals surface area contributed by atoms with E-state index in [1.807, 2.05) is 11.8 Å². The van der Waals surface area contributed by atoms with Gasteiger partial charge in [0.15, 0.2) is 0 Å². The number of nitrogens with zero attached hydrogens (tertiary/aromatic N) is 3. The monoisotopic (exact) mass is 475 g/mol. The van der Waals surface area contributed by atoms with E-state index in [1.54, 1.807) is 46.4 Å². The van der Waals surface area contributed by atoms with Crippen LogP contribution in [0.15, 0.2) is 0 Å². The number of esters is 2. The van der Waals surface area contributed by atoms with Crippen LogP contribution in [-0.2, 0) is 28.7 Å². The molecule has 11 heteroatoms. The zero-order valence-corrected chi connectivity index (χ0v) is 21.0. The molecule has 0 rings (SSSR count). The number of carboxylic acids is 2. The van der Waals surface area contributed by atoms with Crippen LogP contribution < -0.4 is 0 Å². The molecule has 0 saturated carbocycles. The third-order valence-corrected chi connectivity index (χ3v) is 4.18. The SMILES string of the molecule is CCN(CCN(CCN(CC(=O)O)CC(=O)OC(C)(C)C)CC(=O)O)CC(=O)OC(C)(C)C. The number of rotatable bonds is 15. The number of aliphatic carboxylic acids is 2. The Labute approximate surface area is 196 Å². The Morgan fingerprint density at radius 2 is 0.939 bits per heavy atom. The highest BCUT2D eigenvalue weighted by molar-refractivity contribution is 5.74. The summed E-state index contributed by atoms with van der Waals surface area (Å²) < 4.78 is 10.6. The zero-order chi connectivity index (χ0) is 25.8. The predicted molar refractivity (Wildman–Crippen MR) is 122 cm³/mol. The molecule has 0 amide bonds. The van der Waals surface area contributed by atoms with Crippen molar-refractivity contribution in [1.29, 1.82) is 0 Å². The summed E-state index contributed by atoms with van der Waals surface area (Å²) in [5, 5.41) is 18.4. The summed E-state index contributed by atoms with van der Waals surface area (Å²) in [6, 6.07) is 0. The number of hydrogen-bond donors (Lipinski definition) is 2. The highest BCUT2D eigenvalue weighted by atomic mass is 16.6. The van der Waals surface area contributed by atoms with Crippen LogP contribution in [-0.4, -0.2) is 119 Å². The molecule has 0 unspecified atom stereocenters. The summed E-state index contributed by atoms with van der Waals surface area (Å²) in [5.41, 5.74) is -1.29. The molecular weight excluding hydrogens is 434 g/mol. The Morgan fingerprint density at radius 1 is 0.606 bits per heavy atom. The van der Waals surface area contributed by atoms with Crippen LogP contribution in [0.3, 0.4) is 0 Å². The Morgan fingerprint density at radius 3 is 1.30 bits per heavy atom. The van der Waals surface area contributed by atoms with Crippen molar-refractivity contribution < 1.29 is 38.9 Å². The number of likely N-dealkylation sites (N-methyl/N-ethyl adjacent to an activating group) is 1. The number of carbonyl (C=O) groups is 4. The average Bonchev–Trinajstić information content (AvgIpc) is 2.58. The fraction of sp³-hybridized carbons (Fsp3) is 0.818. The Balaban J connectivity index is 4.98. The van der Waals surface area contributed by atoms with Crippen molar-refractivity contribution in [2.45, 2.75) is 59.7 Å². The molecule has 0 aromatic rings. The third-order valence-electron chi connectivity index (χ3n) is 4.18. The van der Waals surface area contributed by atoms with Crippen LogP contribution in [0.2, 0.25) is 0 Å². The lowest BCUT2D eigenvalue weighted by molar-refractivity contribution is -0.157. The first kappa shape index (κ1) is 30.8. The van der Waals surface area contributed by atoms with Gasteiger partial charge in [-0.15, -0.1) is 0 Å². The summed E-state index contributed by atoms with van der Waals surface area (Å²) in [6.45, 7) is 13.4. The van der Waals surface area contributed by atoms with Gasteiger partial charge in [-0.05, 0) is 48.1 Å². The van der Waals surface area contributed by atoms with Crippen LogP contribution in [0.4, 0.5) is 0 Å². The van der Waals surface area contributed by atoms with Crippen LogP contribution in [0.25, 0.3) is 0 Å². The Kier molecular flexibility index (Phi) is 13.2. The second-order valence-corrected chi connectivity index (χ2v) is 9.82. The number of ether oxygens (including phenoxy) is 2. The van der Waals surface area contributed by atoms with Gasteiger partial charge in [-0.25, -0.2) is 0 Å². The molecule has 0 spiro atoms. The van der Waals surface area contributed by atoms with E-state index in [-0.39, 0.29) is 45.2 Å². The van der Waals surface area contributed by atoms with E-state index in [4.69, 9.17) is 14.6 Å². The lowest BCUT2D eigenvalue weighted by Crippen LogP contribution is -2.45. The molecule has 0 aliphatic rings.